The first-order chi connectivity index (χ1) is 12.9. The molecule has 1 saturated heterocycles. The summed E-state index contributed by atoms with van der Waals surface area (Å²) in [5, 5.41) is 11.3. The number of imidazole rings is 1. The van der Waals surface area contributed by atoms with Gasteiger partial charge in [-0.3, -0.25) is 0 Å². The van der Waals surface area contributed by atoms with Gasteiger partial charge >= 0.3 is 5.97 Å². The third-order valence-corrected chi connectivity index (χ3v) is 6.16. The summed E-state index contributed by atoms with van der Waals surface area (Å²) in [5.74, 6) is -0.0517. The molecule has 1 aromatic carbocycles. The molecule has 0 saturated carbocycles. The van der Waals surface area contributed by atoms with Gasteiger partial charge in [0.1, 0.15) is 11.9 Å². The van der Waals surface area contributed by atoms with Gasteiger partial charge in [-0.15, -0.1) is 0 Å². The fraction of sp³-hybridized carbons (Fsp3) is 0.316. The lowest BCUT2D eigenvalue weighted by Gasteiger charge is -2.29. The minimum atomic E-state index is -0.852. The predicted molar refractivity (Wildman–Crippen MR) is 106 cm³/mol. The van der Waals surface area contributed by atoms with Crippen molar-refractivity contribution in [2.75, 3.05) is 4.90 Å². The lowest BCUT2D eigenvalue weighted by Crippen LogP contribution is -2.40. The van der Waals surface area contributed by atoms with E-state index in [4.69, 9.17) is 28.2 Å². The molecule has 3 aromatic rings. The number of halogens is 2. The van der Waals surface area contributed by atoms with E-state index < -0.39 is 12.0 Å². The van der Waals surface area contributed by atoms with Gasteiger partial charge in [-0.05, 0) is 31.4 Å². The van der Waals surface area contributed by atoms with Crippen molar-refractivity contribution in [3.05, 3.63) is 47.0 Å². The Kier molecular flexibility index (Phi) is 4.48. The highest BCUT2D eigenvalue weighted by molar-refractivity contribution is 6.45. The lowest BCUT2D eigenvalue weighted by molar-refractivity contribution is -0.138. The summed E-state index contributed by atoms with van der Waals surface area (Å²) < 4.78 is 1.86. The van der Waals surface area contributed by atoms with Crippen molar-refractivity contribution >= 4 is 45.9 Å². The molecule has 2 aromatic heterocycles. The van der Waals surface area contributed by atoms with Gasteiger partial charge in [0.15, 0.2) is 0 Å². The normalized spacial score (nSPS) is 22.5. The van der Waals surface area contributed by atoms with Gasteiger partial charge in [0, 0.05) is 29.9 Å². The zero-order chi connectivity index (χ0) is 19.3. The molecular formula is C19H18Cl2N4O2. The number of fused-ring (bicyclic) bond motifs is 1. The van der Waals surface area contributed by atoms with E-state index in [2.05, 4.69) is 11.9 Å². The van der Waals surface area contributed by atoms with Crippen molar-refractivity contribution in [2.24, 2.45) is 5.92 Å². The molecule has 0 amide bonds. The third kappa shape index (κ3) is 2.93. The number of hydrogen-bond acceptors (Lipinski definition) is 4. The van der Waals surface area contributed by atoms with E-state index >= 15 is 0 Å². The van der Waals surface area contributed by atoms with E-state index in [1.807, 2.05) is 34.7 Å². The number of hydrogen-bond donors (Lipinski definition) is 1. The van der Waals surface area contributed by atoms with Gasteiger partial charge in [0.05, 0.1) is 27.6 Å². The van der Waals surface area contributed by atoms with Crippen molar-refractivity contribution in [1.82, 2.24) is 14.5 Å². The summed E-state index contributed by atoms with van der Waals surface area (Å²) in [5.41, 5.74) is 1.36. The molecule has 8 heteroatoms. The van der Waals surface area contributed by atoms with Crippen LogP contribution in [-0.2, 0) is 4.79 Å². The number of carboxylic acid groups (broad SMARTS) is 1. The van der Waals surface area contributed by atoms with Crippen LogP contribution in [0.1, 0.15) is 20.3 Å². The van der Waals surface area contributed by atoms with Crippen LogP contribution in [0.2, 0.25) is 10.0 Å². The lowest BCUT2D eigenvalue weighted by atomic mass is 10.0. The standard InChI is InChI=1S/C19H18Cl2N4O2/c1-10-7-15(19(26)27)25(11(10)2)16-8-14(24-6-5-22-9-24)12-3-4-13(20)17(21)18(12)23-16/h3-6,8-11,15H,7H2,1-2H3,(H,26,27)/t10-,11-,15-/m0/s1. The van der Waals surface area contributed by atoms with Crippen molar-refractivity contribution in [3.8, 4) is 5.69 Å². The molecule has 0 spiro atoms. The number of pyridine rings is 1. The second kappa shape index (κ2) is 6.69. The molecule has 140 valence electrons. The number of carbonyl (C=O) groups is 1. The molecule has 0 bridgehead atoms. The average molecular weight is 405 g/mol. The second-order valence-corrected chi connectivity index (χ2v) is 7.73. The van der Waals surface area contributed by atoms with Crippen LogP contribution in [0.5, 0.6) is 0 Å². The molecule has 1 fully saturated rings. The van der Waals surface area contributed by atoms with Crippen LogP contribution in [0.3, 0.4) is 0 Å². The number of nitrogens with zero attached hydrogens (tertiary/aromatic N) is 4. The molecule has 1 aliphatic rings. The monoisotopic (exact) mass is 404 g/mol. The van der Waals surface area contributed by atoms with Crippen LogP contribution in [0.25, 0.3) is 16.6 Å². The maximum atomic E-state index is 11.8. The summed E-state index contributed by atoms with van der Waals surface area (Å²) in [6.45, 7) is 4.08. The zero-order valence-electron chi connectivity index (χ0n) is 14.8. The minimum absolute atomic E-state index is 0.0321. The van der Waals surface area contributed by atoms with Gasteiger partial charge in [-0.1, -0.05) is 30.1 Å². The Morgan fingerprint density at radius 1 is 1.30 bits per heavy atom. The Labute approximate surface area is 166 Å². The molecule has 3 atom stereocenters. The number of rotatable bonds is 3. The Balaban J connectivity index is 1.99. The van der Waals surface area contributed by atoms with Crippen LogP contribution < -0.4 is 4.90 Å². The number of carboxylic acids is 1. The van der Waals surface area contributed by atoms with E-state index in [0.29, 0.717) is 27.8 Å². The summed E-state index contributed by atoms with van der Waals surface area (Å²) in [7, 11) is 0. The fourth-order valence-corrected chi connectivity index (χ4v) is 4.12. The smallest absolute Gasteiger partial charge is 0.326 e. The zero-order valence-corrected chi connectivity index (χ0v) is 16.3. The molecule has 1 aliphatic heterocycles. The number of aromatic nitrogens is 3. The molecule has 6 nitrogen and oxygen atoms in total. The van der Waals surface area contributed by atoms with E-state index in [9.17, 15) is 9.90 Å². The minimum Gasteiger partial charge on any atom is -0.480 e. The van der Waals surface area contributed by atoms with Crippen LogP contribution in [-0.4, -0.2) is 37.7 Å². The fourth-order valence-electron chi connectivity index (χ4n) is 3.76. The summed E-state index contributed by atoms with van der Waals surface area (Å²) >= 11 is 12.7. The number of aliphatic carboxylic acids is 1. The van der Waals surface area contributed by atoms with Crippen LogP contribution in [0.4, 0.5) is 5.82 Å². The molecular weight excluding hydrogens is 387 g/mol. The van der Waals surface area contributed by atoms with Crippen molar-refractivity contribution in [1.29, 1.82) is 0 Å². The third-order valence-electron chi connectivity index (χ3n) is 5.36. The highest BCUT2D eigenvalue weighted by atomic mass is 35.5. The Bertz CT molecular complexity index is 1020. The second-order valence-electron chi connectivity index (χ2n) is 6.94. The van der Waals surface area contributed by atoms with Crippen molar-refractivity contribution in [3.63, 3.8) is 0 Å². The average Bonchev–Trinajstić information content (AvgIpc) is 3.27. The molecule has 1 N–H and O–H groups in total. The van der Waals surface area contributed by atoms with E-state index in [0.717, 1.165) is 11.1 Å². The number of anilines is 1. The van der Waals surface area contributed by atoms with Crippen LogP contribution >= 0.6 is 23.2 Å². The molecule has 4 rings (SSSR count). The largest absolute Gasteiger partial charge is 0.480 e. The molecule has 27 heavy (non-hydrogen) atoms. The first-order valence-electron chi connectivity index (χ1n) is 8.66. The Morgan fingerprint density at radius 2 is 2.07 bits per heavy atom. The first kappa shape index (κ1) is 18.1. The van der Waals surface area contributed by atoms with Crippen LogP contribution in [0, 0.1) is 5.92 Å². The predicted octanol–water partition coefficient (Wildman–Crippen LogP) is 4.42. The highest BCUT2D eigenvalue weighted by Gasteiger charge is 2.41. The van der Waals surface area contributed by atoms with E-state index in [1.165, 1.54) is 0 Å². The van der Waals surface area contributed by atoms with Crippen molar-refractivity contribution < 1.29 is 9.90 Å². The Morgan fingerprint density at radius 3 is 2.74 bits per heavy atom. The molecule has 3 heterocycles. The molecule has 0 unspecified atom stereocenters. The van der Waals surface area contributed by atoms with Gasteiger partial charge in [0.2, 0.25) is 0 Å². The SMILES string of the molecule is C[C@H]1C[C@@H](C(=O)O)N(c2cc(-n3ccnc3)c3ccc(Cl)c(Cl)c3n2)[C@H]1C. The van der Waals surface area contributed by atoms with Gasteiger partial charge in [0.25, 0.3) is 0 Å². The maximum absolute atomic E-state index is 11.8. The Hall–Kier alpha value is -2.31. The van der Waals surface area contributed by atoms with E-state index in [1.54, 1.807) is 18.6 Å². The quantitative estimate of drug-likeness (QED) is 0.699. The molecule has 0 aliphatic carbocycles. The van der Waals surface area contributed by atoms with Crippen LogP contribution in [0.15, 0.2) is 36.9 Å². The topological polar surface area (TPSA) is 71.2 Å². The van der Waals surface area contributed by atoms with Crippen molar-refractivity contribution in [2.45, 2.75) is 32.4 Å². The first-order valence-corrected chi connectivity index (χ1v) is 9.42. The number of benzene rings is 1. The summed E-state index contributed by atoms with van der Waals surface area (Å²) in [6.07, 6.45) is 5.77. The van der Waals surface area contributed by atoms with Gasteiger partial charge in [-0.25, -0.2) is 14.8 Å². The van der Waals surface area contributed by atoms with E-state index in [-0.39, 0.29) is 12.0 Å². The van der Waals surface area contributed by atoms with Gasteiger partial charge < -0.3 is 14.6 Å². The highest BCUT2D eigenvalue weighted by Crippen LogP contribution is 2.39. The summed E-state index contributed by atoms with van der Waals surface area (Å²) in [6, 6.07) is 4.88. The molecule has 0 radical (unpaired) electrons. The maximum Gasteiger partial charge on any atom is 0.326 e. The summed E-state index contributed by atoms with van der Waals surface area (Å²) in [4.78, 5) is 22.5. The van der Waals surface area contributed by atoms with Gasteiger partial charge in [-0.2, -0.15) is 0 Å².